The van der Waals surface area contributed by atoms with E-state index in [0.717, 1.165) is 6.92 Å². The number of carbonyl (C=O) groups is 2. The topological polar surface area (TPSA) is 121 Å². The molecule has 1 aromatic carbocycles. The summed E-state index contributed by atoms with van der Waals surface area (Å²) in [4.78, 5) is 21.8. The van der Waals surface area contributed by atoms with Crippen LogP contribution in [-0.4, -0.2) is 32.9 Å². The molecule has 0 aliphatic carbocycles. The van der Waals surface area contributed by atoms with Crippen molar-refractivity contribution in [3.05, 3.63) is 33.8 Å². The van der Waals surface area contributed by atoms with Gasteiger partial charge in [-0.25, -0.2) is 9.59 Å². The van der Waals surface area contributed by atoms with Crippen molar-refractivity contribution in [2.75, 3.05) is 0 Å². The highest BCUT2D eigenvalue weighted by Crippen LogP contribution is 2.27. The molecule has 0 unspecified atom stereocenters. The first-order valence-electron chi connectivity index (χ1n) is 4.91. The van der Waals surface area contributed by atoms with Crippen LogP contribution in [-0.2, 0) is 4.79 Å². The van der Waals surface area contributed by atoms with Gasteiger partial charge in [-0.3, -0.25) is 0 Å². The summed E-state index contributed by atoms with van der Waals surface area (Å²) in [5.41, 5.74) is 3.65. The van der Waals surface area contributed by atoms with E-state index in [1.807, 2.05) is 0 Å². The maximum atomic E-state index is 10.9. The van der Waals surface area contributed by atoms with Crippen molar-refractivity contribution in [1.82, 2.24) is 0 Å². The second kappa shape index (κ2) is 5.05. The first kappa shape index (κ1) is 14.6. The van der Waals surface area contributed by atoms with E-state index in [4.69, 9.17) is 15.9 Å². The number of halogens is 1. The number of aliphatic carboxylic acids is 1. The number of aromatic carboxylic acids is 1. The first-order valence-corrected chi connectivity index (χ1v) is 5.70. The van der Waals surface area contributed by atoms with Gasteiger partial charge in [0, 0.05) is 4.47 Å². The zero-order chi connectivity index (χ0) is 14.1. The molecule has 7 heteroatoms. The summed E-state index contributed by atoms with van der Waals surface area (Å²) in [5, 5.41) is 27.5. The Hall–Kier alpha value is -1.44. The maximum absolute atomic E-state index is 10.9. The van der Waals surface area contributed by atoms with Crippen LogP contribution in [0.3, 0.4) is 0 Å². The fraction of sp³-hybridized carbons (Fsp3) is 0.273. The SMILES string of the molecule is C[C@](O)(C(=O)O)[C@H](N)c1cc(Br)cc(C(=O)O)c1. The van der Waals surface area contributed by atoms with Crippen LogP contribution in [0.25, 0.3) is 0 Å². The van der Waals surface area contributed by atoms with Crippen molar-refractivity contribution in [2.45, 2.75) is 18.6 Å². The molecule has 0 fully saturated rings. The Labute approximate surface area is 111 Å². The molecule has 0 aliphatic heterocycles. The third-order valence-electron chi connectivity index (χ3n) is 2.56. The van der Waals surface area contributed by atoms with Crippen LogP contribution in [0, 0.1) is 0 Å². The molecule has 0 heterocycles. The van der Waals surface area contributed by atoms with Crippen LogP contribution in [0.1, 0.15) is 28.9 Å². The fourth-order valence-electron chi connectivity index (χ4n) is 1.37. The van der Waals surface area contributed by atoms with Crippen LogP contribution in [0.15, 0.2) is 22.7 Å². The second-order valence-electron chi connectivity index (χ2n) is 4.01. The summed E-state index contributed by atoms with van der Waals surface area (Å²) in [5.74, 6) is -2.65. The maximum Gasteiger partial charge on any atom is 0.337 e. The summed E-state index contributed by atoms with van der Waals surface area (Å²) in [6.45, 7) is 1.06. The molecule has 0 aliphatic rings. The predicted octanol–water partition coefficient (Wildman–Crippen LogP) is 0.983. The lowest BCUT2D eigenvalue weighted by atomic mass is 9.90. The van der Waals surface area contributed by atoms with Gasteiger partial charge in [0.15, 0.2) is 5.60 Å². The van der Waals surface area contributed by atoms with Crippen molar-refractivity contribution in [3.8, 4) is 0 Å². The van der Waals surface area contributed by atoms with E-state index >= 15 is 0 Å². The van der Waals surface area contributed by atoms with Crippen molar-refractivity contribution >= 4 is 27.9 Å². The van der Waals surface area contributed by atoms with Crippen molar-refractivity contribution < 1.29 is 24.9 Å². The molecule has 0 amide bonds. The molecule has 0 aromatic heterocycles. The van der Waals surface area contributed by atoms with Crippen molar-refractivity contribution in [2.24, 2.45) is 5.73 Å². The van der Waals surface area contributed by atoms with Crippen LogP contribution in [0.2, 0.25) is 0 Å². The number of rotatable bonds is 4. The van der Waals surface area contributed by atoms with Gasteiger partial charge in [0.25, 0.3) is 0 Å². The van der Waals surface area contributed by atoms with E-state index in [1.54, 1.807) is 0 Å². The minimum Gasteiger partial charge on any atom is -0.479 e. The van der Waals surface area contributed by atoms with Gasteiger partial charge in [-0.2, -0.15) is 0 Å². The Kier molecular flexibility index (Phi) is 4.10. The lowest BCUT2D eigenvalue weighted by molar-refractivity contribution is -0.158. The number of hydrogen-bond acceptors (Lipinski definition) is 4. The molecule has 1 aromatic rings. The number of benzene rings is 1. The molecule has 18 heavy (non-hydrogen) atoms. The van der Waals surface area contributed by atoms with Crippen LogP contribution in [0.4, 0.5) is 0 Å². The van der Waals surface area contributed by atoms with Gasteiger partial charge in [0.2, 0.25) is 0 Å². The molecule has 2 atom stereocenters. The molecule has 0 radical (unpaired) electrons. The average Bonchev–Trinajstić information content (AvgIpc) is 2.26. The van der Waals surface area contributed by atoms with E-state index in [1.165, 1.54) is 18.2 Å². The van der Waals surface area contributed by atoms with Crippen LogP contribution >= 0.6 is 15.9 Å². The fourth-order valence-corrected chi connectivity index (χ4v) is 1.88. The summed E-state index contributed by atoms with van der Waals surface area (Å²) < 4.78 is 0.439. The number of aliphatic hydroxyl groups is 1. The molecule has 0 spiro atoms. The normalized spacial score (nSPS) is 15.8. The minimum absolute atomic E-state index is 0.0454. The van der Waals surface area contributed by atoms with Gasteiger partial charge in [-0.1, -0.05) is 15.9 Å². The van der Waals surface area contributed by atoms with Crippen LogP contribution < -0.4 is 5.73 Å². The van der Waals surface area contributed by atoms with Gasteiger partial charge in [-0.05, 0) is 30.7 Å². The predicted molar refractivity (Wildman–Crippen MR) is 66.3 cm³/mol. The van der Waals surface area contributed by atoms with Crippen molar-refractivity contribution in [3.63, 3.8) is 0 Å². The van der Waals surface area contributed by atoms with E-state index in [9.17, 15) is 14.7 Å². The zero-order valence-corrected chi connectivity index (χ0v) is 11.0. The highest BCUT2D eigenvalue weighted by atomic mass is 79.9. The molecule has 1 rings (SSSR count). The number of carboxylic acid groups (broad SMARTS) is 2. The molecular weight excluding hydrogens is 306 g/mol. The summed E-state index contributed by atoms with van der Waals surface area (Å²) >= 11 is 3.11. The molecule has 0 bridgehead atoms. The van der Waals surface area contributed by atoms with Gasteiger partial charge >= 0.3 is 11.9 Å². The van der Waals surface area contributed by atoms with E-state index in [-0.39, 0.29) is 11.1 Å². The Morgan fingerprint density at radius 2 is 1.89 bits per heavy atom. The third-order valence-corrected chi connectivity index (χ3v) is 3.02. The van der Waals surface area contributed by atoms with E-state index < -0.39 is 23.6 Å². The molecule has 0 saturated heterocycles. The second-order valence-corrected chi connectivity index (χ2v) is 4.92. The average molecular weight is 318 g/mol. The standard InChI is InChI=1S/C11H12BrNO5/c1-11(18,10(16)17)8(13)5-2-6(9(14)15)4-7(12)3-5/h2-4,8,18H,13H2,1H3,(H,14,15)(H,16,17)/t8-,11-/m1/s1. The summed E-state index contributed by atoms with van der Waals surface area (Å²) in [6.07, 6.45) is 0. The van der Waals surface area contributed by atoms with Gasteiger partial charge in [-0.15, -0.1) is 0 Å². The van der Waals surface area contributed by atoms with Gasteiger partial charge < -0.3 is 21.1 Å². The number of carboxylic acids is 2. The highest BCUT2D eigenvalue weighted by Gasteiger charge is 2.38. The number of hydrogen-bond donors (Lipinski definition) is 4. The highest BCUT2D eigenvalue weighted by molar-refractivity contribution is 9.10. The smallest absolute Gasteiger partial charge is 0.337 e. The minimum atomic E-state index is -2.18. The Morgan fingerprint density at radius 1 is 1.33 bits per heavy atom. The molecule has 0 saturated carbocycles. The van der Waals surface area contributed by atoms with Gasteiger partial charge in [0.05, 0.1) is 11.6 Å². The van der Waals surface area contributed by atoms with Crippen LogP contribution in [0.5, 0.6) is 0 Å². The van der Waals surface area contributed by atoms with E-state index in [2.05, 4.69) is 15.9 Å². The number of nitrogens with two attached hydrogens (primary N) is 1. The summed E-state index contributed by atoms with van der Waals surface area (Å²) in [7, 11) is 0. The molecule has 5 N–H and O–H groups in total. The lowest BCUT2D eigenvalue weighted by Crippen LogP contribution is -2.45. The largest absolute Gasteiger partial charge is 0.479 e. The molecule has 98 valence electrons. The lowest BCUT2D eigenvalue weighted by Gasteiger charge is -2.26. The summed E-state index contributed by atoms with van der Waals surface area (Å²) in [6, 6.07) is 2.81. The first-order chi connectivity index (χ1) is 8.16. The Morgan fingerprint density at radius 3 is 2.33 bits per heavy atom. The molecule has 6 nitrogen and oxygen atoms in total. The quantitative estimate of drug-likeness (QED) is 0.657. The Balaban J connectivity index is 3.25. The van der Waals surface area contributed by atoms with Crippen molar-refractivity contribution in [1.29, 1.82) is 0 Å². The van der Waals surface area contributed by atoms with E-state index in [0.29, 0.717) is 4.47 Å². The zero-order valence-electron chi connectivity index (χ0n) is 9.42. The monoisotopic (exact) mass is 317 g/mol. The Bertz CT molecular complexity index is 500. The molecular formula is C11H12BrNO5. The third kappa shape index (κ3) is 2.87. The van der Waals surface area contributed by atoms with Gasteiger partial charge in [0.1, 0.15) is 0 Å².